The molecule has 0 amide bonds. The minimum atomic E-state index is -0.353. The second kappa shape index (κ2) is 4.77. The van der Waals surface area contributed by atoms with Gasteiger partial charge in [-0.25, -0.2) is 4.98 Å². The van der Waals surface area contributed by atoms with Gasteiger partial charge in [-0.2, -0.15) is 0 Å². The lowest BCUT2D eigenvalue weighted by atomic mass is 10.1. The summed E-state index contributed by atoms with van der Waals surface area (Å²) in [4.78, 5) is 18.0. The third-order valence-corrected chi connectivity index (χ3v) is 2.59. The molecular formula is C11H8Cl2N2O2. The number of aromatic nitrogens is 2. The van der Waals surface area contributed by atoms with Gasteiger partial charge in [0.05, 0.1) is 13.4 Å². The molecule has 0 spiro atoms. The lowest BCUT2D eigenvalue weighted by Gasteiger charge is -2.06. The van der Waals surface area contributed by atoms with Crippen molar-refractivity contribution in [3.05, 3.63) is 44.9 Å². The van der Waals surface area contributed by atoms with Gasteiger partial charge < -0.3 is 9.72 Å². The van der Waals surface area contributed by atoms with Gasteiger partial charge in [-0.05, 0) is 18.2 Å². The molecule has 0 saturated carbocycles. The number of nitrogens with one attached hydrogen (secondary N) is 1. The molecule has 0 aliphatic heterocycles. The van der Waals surface area contributed by atoms with Crippen molar-refractivity contribution >= 4 is 23.2 Å². The van der Waals surface area contributed by atoms with Crippen molar-refractivity contribution in [1.29, 1.82) is 0 Å². The van der Waals surface area contributed by atoms with Crippen molar-refractivity contribution in [2.75, 3.05) is 7.11 Å². The second-order valence-electron chi connectivity index (χ2n) is 3.27. The number of benzene rings is 1. The molecule has 0 saturated heterocycles. The monoisotopic (exact) mass is 270 g/mol. The minimum Gasteiger partial charge on any atom is -0.490 e. The molecule has 17 heavy (non-hydrogen) atoms. The van der Waals surface area contributed by atoms with E-state index in [0.29, 0.717) is 21.3 Å². The van der Waals surface area contributed by atoms with E-state index in [2.05, 4.69) is 9.97 Å². The zero-order chi connectivity index (χ0) is 12.4. The Balaban J connectivity index is 2.68. The summed E-state index contributed by atoms with van der Waals surface area (Å²) in [5.74, 6) is 0.130. The highest BCUT2D eigenvalue weighted by Crippen LogP contribution is 2.29. The first-order chi connectivity index (χ1) is 8.11. The summed E-state index contributed by atoms with van der Waals surface area (Å²) in [5, 5.41) is 0.938. The number of H-pyrrole nitrogens is 1. The number of ether oxygens (including phenoxy) is 1. The van der Waals surface area contributed by atoms with Gasteiger partial charge in [0.1, 0.15) is 5.69 Å². The van der Waals surface area contributed by atoms with Crippen LogP contribution in [0.25, 0.3) is 11.3 Å². The number of methoxy groups -OCH3 is 1. The zero-order valence-electron chi connectivity index (χ0n) is 8.83. The normalized spacial score (nSPS) is 10.3. The lowest BCUT2D eigenvalue weighted by Crippen LogP contribution is -2.11. The average molecular weight is 271 g/mol. The van der Waals surface area contributed by atoms with Crippen molar-refractivity contribution in [1.82, 2.24) is 9.97 Å². The molecule has 1 aromatic heterocycles. The van der Waals surface area contributed by atoms with Gasteiger partial charge >= 0.3 is 0 Å². The van der Waals surface area contributed by atoms with Crippen LogP contribution >= 0.6 is 23.2 Å². The molecule has 1 N–H and O–H groups in total. The predicted molar refractivity (Wildman–Crippen MR) is 66.9 cm³/mol. The standard InChI is InChI=1S/C11H8Cl2N2O2/c1-17-10-9(14-5-15-11(10)16)6-2-7(12)4-8(13)3-6/h2-5H,1H3,(H,14,15,16). The highest BCUT2D eigenvalue weighted by atomic mass is 35.5. The van der Waals surface area contributed by atoms with Crippen LogP contribution in [0.3, 0.4) is 0 Å². The quantitative estimate of drug-likeness (QED) is 0.913. The Morgan fingerprint density at radius 1 is 1.24 bits per heavy atom. The van der Waals surface area contributed by atoms with Crippen LogP contribution in [0, 0.1) is 0 Å². The predicted octanol–water partition coefficient (Wildman–Crippen LogP) is 2.75. The topological polar surface area (TPSA) is 55.0 Å². The maximum atomic E-state index is 11.5. The molecule has 4 nitrogen and oxygen atoms in total. The Kier molecular flexibility index (Phi) is 3.36. The molecule has 2 rings (SSSR count). The molecule has 0 atom stereocenters. The van der Waals surface area contributed by atoms with Gasteiger partial charge in [-0.3, -0.25) is 4.79 Å². The maximum Gasteiger partial charge on any atom is 0.293 e. The van der Waals surface area contributed by atoms with Gasteiger partial charge in [0.25, 0.3) is 5.56 Å². The van der Waals surface area contributed by atoms with E-state index in [1.807, 2.05) is 0 Å². The van der Waals surface area contributed by atoms with Gasteiger partial charge in [-0.1, -0.05) is 23.2 Å². The van der Waals surface area contributed by atoms with E-state index in [9.17, 15) is 4.79 Å². The van der Waals surface area contributed by atoms with Crippen LogP contribution < -0.4 is 10.3 Å². The molecule has 0 fully saturated rings. The SMILES string of the molecule is COc1c(-c2cc(Cl)cc(Cl)c2)nc[nH]c1=O. The maximum absolute atomic E-state index is 11.5. The summed E-state index contributed by atoms with van der Waals surface area (Å²) in [7, 11) is 1.40. The molecular weight excluding hydrogens is 263 g/mol. The van der Waals surface area contributed by atoms with Crippen LogP contribution in [-0.2, 0) is 0 Å². The fourth-order valence-electron chi connectivity index (χ4n) is 1.47. The number of nitrogens with zero attached hydrogens (tertiary/aromatic N) is 1. The molecule has 0 bridgehead atoms. The molecule has 0 radical (unpaired) electrons. The highest BCUT2D eigenvalue weighted by Gasteiger charge is 2.12. The van der Waals surface area contributed by atoms with Crippen molar-refractivity contribution in [3.63, 3.8) is 0 Å². The van der Waals surface area contributed by atoms with Crippen LogP contribution in [0.5, 0.6) is 5.75 Å². The summed E-state index contributed by atoms with van der Waals surface area (Å²) in [6, 6.07) is 4.93. The van der Waals surface area contributed by atoms with Crippen molar-refractivity contribution in [2.24, 2.45) is 0 Å². The van der Waals surface area contributed by atoms with E-state index in [0.717, 1.165) is 0 Å². The van der Waals surface area contributed by atoms with Gasteiger partial charge in [0.15, 0.2) is 0 Å². The third kappa shape index (κ3) is 2.43. The largest absolute Gasteiger partial charge is 0.490 e. The highest BCUT2D eigenvalue weighted by molar-refractivity contribution is 6.35. The summed E-state index contributed by atoms with van der Waals surface area (Å²) in [6.07, 6.45) is 1.30. The van der Waals surface area contributed by atoms with Crippen molar-refractivity contribution in [2.45, 2.75) is 0 Å². The van der Waals surface area contributed by atoms with Crippen LogP contribution in [0.1, 0.15) is 0 Å². The average Bonchev–Trinajstić information content (AvgIpc) is 2.27. The van der Waals surface area contributed by atoms with Crippen LogP contribution in [-0.4, -0.2) is 17.1 Å². The molecule has 1 aromatic carbocycles. The van der Waals surface area contributed by atoms with E-state index in [1.165, 1.54) is 13.4 Å². The van der Waals surface area contributed by atoms with Gasteiger partial charge in [-0.15, -0.1) is 0 Å². The van der Waals surface area contributed by atoms with E-state index < -0.39 is 0 Å². The Morgan fingerprint density at radius 3 is 2.47 bits per heavy atom. The van der Waals surface area contributed by atoms with Crippen molar-refractivity contribution < 1.29 is 4.74 Å². The Labute approximate surface area is 107 Å². The number of aromatic amines is 1. The van der Waals surface area contributed by atoms with E-state index in [4.69, 9.17) is 27.9 Å². The van der Waals surface area contributed by atoms with E-state index >= 15 is 0 Å². The summed E-state index contributed by atoms with van der Waals surface area (Å²) in [5.41, 5.74) is 0.680. The molecule has 88 valence electrons. The van der Waals surface area contributed by atoms with E-state index in [1.54, 1.807) is 18.2 Å². The Hall–Kier alpha value is -1.52. The molecule has 0 aliphatic rings. The Morgan fingerprint density at radius 2 is 1.88 bits per heavy atom. The fourth-order valence-corrected chi connectivity index (χ4v) is 2.00. The fraction of sp³-hybridized carbons (Fsp3) is 0.0909. The molecule has 2 aromatic rings. The van der Waals surface area contributed by atoms with E-state index in [-0.39, 0.29) is 11.3 Å². The number of hydrogen-bond donors (Lipinski definition) is 1. The van der Waals surface area contributed by atoms with Crippen LogP contribution in [0.4, 0.5) is 0 Å². The first kappa shape index (κ1) is 12.0. The van der Waals surface area contributed by atoms with Crippen LogP contribution in [0.2, 0.25) is 10.0 Å². The smallest absolute Gasteiger partial charge is 0.293 e. The molecule has 0 aliphatic carbocycles. The lowest BCUT2D eigenvalue weighted by molar-refractivity contribution is 0.408. The number of rotatable bonds is 2. The first-order valence-electron chi connectivity index (χ1n) is 4.70. The third-order valence-electron chi connectivity index (χ3n) is 2.15. The van der Waals surface area contributed by atoms with Crippen molar-refractivity contribution in [3.8, 4) is 17.0 Å². The molecule has 0 unspecified atom stereocenters. The van der Waals surface area contributed by atoms with Gasteiger partial charge in [0, 0.05) is 15.6 Å². The minimum absolute atomic E-state index is 0.130. The number of halogens is 2. The first-order valence-corrected chi connectivity index (χ1v) is 5.45. The summed E-state index contributed by atoms with van der Waals surface area (Å²) in [6.45, 7) is 0. The second-order valence-corrected chi connectivity index (χ2v) is 4.14. The molecule has 1 heterocycles. The van der Waals surface area contributed by atoms with Crippen LogP contribution in [0.15, 0.2) is 29.3 Å². The summed E-state index contributed by atoms with van der Waals surface area (Å²) < 4.78 is 5.02. The number of hydrogen-bond acceptors (Lipinski definition) is 3. The van der Waals surface area contributed by atoms with Gasteiger partial charge in [0.2, 0.25) is 5.75 Å². The summed E-state index contributed by atoms with van der Waals surface area (Å²) >= 11 is 11.8. The molecule has 6 heteroatoms. The zero-order valence-corrected chi connectivity index (χ0v) is 10.3. The Bertz CT molecular complexity index is 590.